The number of aryl methyl sites for hydroxylation is 2. The molecule has 1 saturated heterocycles. The molecule has 0 atom stereocenters. The summed E-state index contributed by atoms with van der Waals surface area (Å²) in [5, 5.41) is 5.80. The van der Waals surface area contributed by atoms with E-state index in [2.05, 4.69) is 11.8 Å². The monoisotopic (exact) mass is 390 g/mol. The van der Waals surface area contributed by atoms with Crippen molar-refractivity contribution >= 4 is 22.8 Å². The van der Waals surface area contributed by atoms with Crippen molar-refractivity contribution in [2.75, 3.05) is 31.1 Å². The van der Waals surface area contributed by atoms with Crippen LogP contribution in [0.15, 0.2) is 30.3 Å². The largest absolute Gasteiger partial charge is 0.352 e. The summed E-state index contributed by atoms with van der Waals surface area (Å²) in [6, 6.07) is 10.1. The number of aromatic nitrogens is 4. The van der Waals surface area contributed by atoms with Gasteiger partial charge in [0, 0.05) is 38.5 Å². The van der Waals surface area contributed by atoms with Gasteiger partial charge in [-0.3, -0.25) is 4.79 Å². The Kier molecular flexibility index (Phi) is 4.45. The fourth-order valence-electron chi connectivity index (χ4n) is 4.07. The van der Waals surface area contributed by atoms with Gasteiger partial charge < -0.3 is 9.80 Å². The van der Waals surface area contributed by atoms with Crippen LogP contribution in [0.25, 0.3) is 16.7 Å². The summed E-state index contributed by atoms with van der Waals surface area (Å²) in [5.41, 5.74) is 2.78. The Labute approximate surface area is 170 Å². The fourth-order valence-corrected chi connectivity index (χ4v) is 4.07. The second-order valence-corrected chi connectivity index (χ2v) is 7.93. The molecule has 2 aromatic heterocycles. The highest BCUT2D eigenvalue weighted by Crippen LogP contribution is 2.33. The molecule has 3 heterocycles. The molecule has 0 unspecified atom stereocenters. The molecule has 3 aromatic rings. The van der Waals surface area contributed by atoms with Gasteiger partial charge in [-0.2, -0.15) is 5.10 Å². The summed E-state index contributed by atoms with van der Waals surface area (Å²) in [5.74, 6) is 2.39. The molecule has 1 amide bonds. The number of fused-ring (bicyclic) bond motifs is 1. The van der Waals surface area contributed by atoms with E-state index in [0.717, 1.165) is 79.5 Å². The second kappa shape index (κ2) is 7.13. The smallest absolute Gasteiger partial charge is 0.225 e. The first-order valence-corrected chi connectivity index (χ1v) is 10.5. The fraction of sp³-hybridized carbons (Fsp3) is 0.455. The Morgan fingerprint density at radius 3 is 2.45 bits per heavy atom. The zero-order valence-corrected chi connectivity index (χ0v) is 17.0. The maximum absolute atomic E-state index is 12.4. The lowest BCUT2D eigenvalue weighted by Crippen LogP contribution is -2.49. The lowest BCUT2D eigenvalue weighted by Gasteiger charge is -2.36. The Balaban J connectivity index is 1.52. The Morgan fingerprint density at radius 2 is 1.79 bits per heavy atom. The molecule has 0 radical (unpaired) electrons. The molecule has 29 heavy (non-hydrogen) atoms. The topological polar surface area (TPSA) is 67.2 Å². The third kappa shape index (κ3) is 3.24. The lowest BCUT2D eigenvalue weighted by molar-refractivity contribution is -0.132. The number of nitrogens with zero attached hydrogens (tertiary/aromatic N) is 6. The molecular formula is C22H26N6O. The maximum atomic E-state index is 12.4. The summed E-state index contributed by atoms with van der Waals surface area (Å²) >= 11 is 0. The number of para-hydroxylation sites is 1. The molecule has 150 valence electrons. The summed E-state index contributed by atoms with van der Waals surface area (Å²) in [6.45, 7) is 7.20. The van der Waals surface area contributed by atoms with Crippen molar-refractivity contribution in [1.29, 1.82) is 0 Å². The third-order valence-corrected chi connectivity index (χ3v) is 5.86. The van der Waals surface area contributed by atoms with Crippen LogP contribution in [0.5, 0.6) is 0 Å². The van der Waals surface area contributed by atoms with E-state index in [1.54, 1.807) is 0 Å². The van der Waals surface area contributed by atoms with Gasteiger partial charge in [0.1, 0.15) is 11.6 Å². The minimum absolute atomic E-state index is 0.283. The van der Waals surface area contributed by atoms with Crippen LogP contribution in [-0.4, -0.2) is 56.7 Å². The van der Waals surface area contributed by atoms with E-state index >= 15 is 0 Å². The van der Waals surface area contributed by atoms with E-state index in [0.29, 0.717) is 5.91 Å². The molecule has 5 rings (SSSR count). The molecule has 2 fully saturated rings. The number of amides is 1. The minimum Gasteiger partial charge on any atom is -0.352 e. The number of piperazine rings is 1. The standard InChI is InChI=1S/C22H26N6O/c1-3-18-23-20(26-11-13-27(14-12-26)22(29)16-9-10-16)19-15(2)25-28(21(19)24-18)17-7-5-4-6-8-17/h4-8,16H,3,9-14H2,1-2H3. The van der Waals surface area contributed by atoms with Crippen LogP contribution < -0.4 is 4.90 Å². The van der Waals surface area contributed by atoms with Crippen LogP contribution in [0.2, 0.25) is 0 Å². The number of anilines is 1. The number of benzene rings is 1. The predicted molar refractivity (Wildman–Crippen MR) is 112 cm³/mol. The van der Waals surface area contributed by atoms with Gasteiger partial charge in [0.05, 0.1) is 16.8 Å². The molecular weight excluding hydrogens is 364 g/mol. The average Bonchev–Trinajstić information content (AvgIpc) is 3.57. The average molecular weight is 390 g/mol. The predicted octanol–water partition coefficient (Wildman–Crippen LogP) is 2.74. The summed E-state index contributed by atoms with van der Waals surface area (Å²) in [7, 11) is 0. The molecule has 1 aliphatic carbocycles. The normalized spacial score (nSPS) is 17.2. The quantitative estimate of drug-likeness (QED) is 0.685. The molecule has 0 bridgehead atoms. The van der Waals surface area contributed by atoms with E-state index < -0.39 is 0 Å². The maximum Gasteiger partial charge on any atom is 0.225 e. The SMILES string of the molecule is CCc1nc(N2CCN(C(=O)C3CC3)CC2)c2c(C)nn(-c3ccccc3)c2n1. The van der Waals surface area contributed by atoms with Crippen molar-refractivity contribution < 1.29 is 4.79 Å². The van der Waals surface area contributed by atoms with E-state index in [-0.39, 0.29) is 5.92 Å². The Hall–Kier alpha value is -2.96. The molecule has 1 saturated carbocycles. The van der Waals surface area contributed by atoms with Crippen molar-refractivity contribution in [3.05, 3.63) is 41.9 Å². The van der Waals surface area contributed by atoms with Gasteiger partial charge in [-0.1, -0.05) is 25.1 Å². The van der Waals surface area contributed by atoms with E-state index in [4.69, 9.17) is 15.1 Å². The number of rotatable bonds is 4. The van der Waals surface area contributed by atoms with Crippen molar-refractivity contribution in [3.63, 3.8) is 0 Å². The van der Waals surface area contributed by atoms with Gasteiger partial charge in [-0.25, -0.2) is 14.6 Å². The van der Waals surface area contributed by atoms with E-state index in [1.165, 1.54) is 0 Å². The number of carbonyl (C=O) groups is 1. The van der Waals surface area contributed by atoms with Crippen LogP contribution in [0, 0.1) is 12.8 Å². The molecule has 7 heteroatoms. The van der Waals surface area contributed by atoms with Crippen LogP contribution >= 0.6 is 0 Å². The third-order valence-electron chi connectivity index (χ3n) is 5.86. The van der Waals surface area contributed by atoms with E-state index in [9.17, 15) is 4.79 Å². The van der Waals surface area contributed by atoms with Gasteiger partial charge in [0.15, 0.2) is 5.65 Å². The van der Waals surface area contributed by atoms with Crippen molar-refractivity contribution in [1.82, 2.24) is 24.6 Å². The second-order valence-electron chi connectivity index (χ2n) is 7.93. The number of hydrogen-bond acceptors (Lipinski definition) is 5. The number of hydrogen-bond donors (Lipinski definition) is 0. The first-order chi connectivity index (χ1) is 14.2. The highest BCUT2D eigenvalue weighted by Gasteiger charge is 2.35. The first-order valence-electron chi connectivity index (χ1n) is 10.5. The summed E-state index contributed by atoms with van der Waals surface area (Å²) in [4.78, 5) is 26.4. The van der Waals surface area contributed by atoms with Crippen molar-refractivity contribution in [2.45, 2.75) is 33.1 Å². The molecule has 0 N–H and O–H groups in total. The van der Waals surface area contributed by atoms with Crippen LogP contribution in [0.3, 0.4) is 0 Å². The molecule has 1 aromatic carbocycles. The van der Waals surface area contributed by atoms with Gasteiger partial charge in [-0.05, 0) is 31.9 Å². The van der Waals surface area contributed by atoms with Crippen molar-refractivity contribution in [2.24, 2.45) is 5.92 Å². The first kappa shape index (κ1) is 18.1. The van der Waals surface area contributed by atoms with Crippen LogP contribution in [0.1, 0.15) is 31.3 Å². The molecule has 2 aliphatic rings. The summed E-state index contributed by atoms with van der Waals surface area (Å²) < 4.78 is 1.92. The zero-order valence-electron chi connectivity index (χ0n) is 17.0. The van der Waals surface area contributed by atoms with E-state index in [1.807, 2.05) is 46.8 Å². The number of carbonyl (C=O) groups excluding carboxylic acids is 1. The van der Waals surface area contributed by atoms with Crippen LogP contribution in [0.4, 0.5) is 5.82 Å². The molecule has 0 spiro atoms. The highest BCUT2D eigenvalue weighted by molar-refractivity contribution is 5.91. The zero-order chi connectivity index (χ0) is 20.0. The molecule has 1 aliphatic heterocycles. The minimum atomic E-state index is 0.283. The molecule has 7 nitrogen and oxygen atoms in total. The Bertz CT molecular complexity index is 1050. The van der Waals surface area contributed by atoms with Gasteiger partial charge >= 0.3 is 0 Å². The lowest BCUT2D eigenvalue weighted by atomic mass is 10.2. The highest BCUT2D eigenvalue weighted by atomic mass is 16.2. The van der Waals surface area contributed by atoms with Gasteiger partial charge in [0.25, 0.3) is 0 Å². The van der Waals surface area contributed by atoms with Crippen LogP contribution in [-0.2, 0) is 11.2 Å². The summed E-state index contributed by atoms with van der Waals surface area (Å²) in [6.07, 6.45) is 2.88. The van der Waals surface area contributed by atoms with Crippen molar-refractivity contribution in [3.8, 4) is 5.69 Å². The Morgan fingerprint density at radius 1 is 1.07 bits per heavy atom. The van der Waals surface area contributed by atoms with Gasteiger partial charge in [0.2, 0.25) is 5.91 Å². The van der Waals surface area contributed by atoms with Gasteiger partial charge in [-0.15, -0.1) is 0 Å².